The topological polar surface area (TPSA) is 57.1 Å². The van der Waals surface area contributed by atoms with Gasteiger partial charge in [0.15, 0.2) is 0 Å². The minimum absolute atomic E-state index is 0.376. The zero-order chi connectivity index (χ0) is 18.4. The highest BCUT2D eigenvalue weighted by Gasteiger charge is 2.09. The smallest absolute Gasteiger partial charge is 0.140 e. The van der Waals surface area contributed by atoms with Gasteiger partial charge in [0.2, 0.25) is 0 Å². The Morgan fingerprint density at radius 1 is 1.08 bits per heavy atom. The summed E-state index contributed by atoms with van der Waals surface area (Å²) in [7, 11) is 0. The van der Waals surface area contributed by atoms with Gasteiger partial charge in [-0.2, -0.15) is 0 Å². The minimum atomic E-state index is 0.376. The molecule has 0 saturated heterocycles. The molecule has 5 heteroatoms. The Balaban J connectivity index is 1.81. The van der Waals surface area contributed by atoms with Crippen LogP contribution in [0.5, 0.6) is 11.5 Å². The number of anilines is 1. The summed E-state index contributed by atoms with van der Waals surface area (Å²) in [4.78, 5) is 0.913. The number of hydrogen-bond acceptors (Lipinski definition) is 4. The Kier molecular flexibility index (Phi) is 6.04. The van der Waals surface area contributed by atoms with Gasteiger partial charge in [0.05, 0.1) is 4.88 Å². The molecule has 0 aliphatic carbocycles. The highest BCUT2D eigenvalue weighted by molar-refractivity contribution is 7.12. The number of thiophene rings is 1. The summed E-state index contributed by atoms with van der Waals surface area (Å²) >= 11 is 1.55. The van der Waals surface area contributed by atoms with Gasteiger partial charge in [-0.15, -0.1) is 11.3 Å². The molecule has 0 aliphatic heterocycles. The van der Waals surface area contributed by atoms with Gasteiger partial charge in [0.1, 0.15) is 17.3 Å². The lowest BCUT2D eigenvalue weighted by molar-refractivity contribution is 0.469. The third kappa shape index (κ3) is 4.94. The molecule has 2 aromatic carbocycles. The van der Waals surface area contributed by atoms with Crippen LogP contribution in [0.15, 0.2) is 66.0 Å². The molecule has 0 radical (unpaired) electrons. The number of para-hydroxylation sites is 1. The van der Waals surface area contributed by atoms with Gasteiger partial charge in [0.25, 0.3) is 0 Å². The molecule has 1 heterocycles. The first-order chi connectivity index (χ1) is 12.6. The minimum Gasteiger partial charge on any atom is -0.457 e. The summed E-state index contributed by atoms with van der Waals surface area (Å²) in [6, 6.07) is 20.0. The van der Waals surface area contributed by atoms with Crippen LogP contribution in [0.2, 0.25) is 0 Å². The number of nitrogens with one attached hydrogen (secondary N) is 3. The molecule has 0 aliphatic rings. The molecule has 3 rings (SSSR count). The van der Waals surface area contributed by atoms with E-state index in [1.807, 2.05) is 66.0 Å². The van der Waals surface area contributed by atoms with E-state index in [1.165, 1.54) is 0 Å². The predicted molar refractivity (Wildman–Crippen MR) is 110 cm³/mol. The molecule has 26 heavy (non-hydrogen) atoms. The van der Waals surface area contributed by atoms with Crippen LogP contribution in [0, 0.1) is 5.41 Å². The molecule has 0 saturated carbocycles. The fourth-order valence-corrected chi connectivity index (χ4v) is 3.08. The molecule has 0 atom stereocenters. The molecule has 0 spiro atoms. The summed E-state index contributed by atoms with van der Waals surface area (Å²) in [5, 5.41) is 16.8. The van der Waals surface area contributed by atoms with Crippen LogP contribution in [-0.4, -0.2) is 11.9 Å². The Hall–Kier alpha value is -2.63. The second kappa shape index (κ2) is 8.65. The van der Waals surface area contributed by atoms with Crippen molar-refractivity contribution in [1.82, 2.24) is 5.32 Å². The molecule has 0 fully saturated rings. The summed E-state index contributed by atoms with van der Waals surface area (Å²) < 4.78 is 6.05. The van der Waals surface area contributed by atoms with Crippen LogP contribution in [0.4, 0.5) is 5.69 Å². The van der Waals surface area contributed by atoms with Gasteiger partial charge in [-0.25, -0.2) is 0 Å². The molecule has 0 bridgehead atoms. The number of hydrogen-bond donors (Lipinski definition) is 3. The monoisotopic (exact) mass is 365 g/mol. The van der Waals surface area contributed by atoms with Crippen molar-refractivity contribution in [2.45, 2.75) is 26.4 Å². The fraction of sp³-hybridized carbons (Fsp3) is 0.190. The second-order valence-electron chi connectivity index (χ2n) is 6.25. The van der Waals surface area contributed by atoms with Gasteiger partial charge in [0, 0.05) is 23.8 Å². The standard InChI is InChI=1S/C21H23N3OS/c1-15(2)23-14-16-13-17(24-21(22)20-9-6-12-26-20)10-11-19(16)25-18-7-4-3-5-8-18/h3-13,15,23H,14H2,1-2H3,(H2,22,24). The quantitative estimate of drug-likeness (QED) is 0.384. The third-order valence-corrected chi connectivity index (χ3v) is 4.66. The van der Waals surface area contributed by atoms with Crippen molar-refractivity contribution in [2.24, 2.45) is 0 Å². The summed E-state index contributed by atoms with van der Waals surface area (Å²) in [6.07, 6.45) is 0. The van der Waals surface area contributed by atoms with E-state index in [0.717, 1.165) is 27.6 Å². The Morgan fingerprint density at radius 3 is 2.58 bits per heavy atom. The van der Waals surface area contributed by atoms with E-state index in [4.69, 9.17) is 10.1 Å². The van der Waals surface area contributed by atoms with Crippen LogP contribution < -0.4 is 15.4 Å². The van der Waals surface area contributed by atoms with E-state index in [1.54, 1.807) is 11.3 Å². The SMILES string of the molecule is CC(C)NCc1cc(NC(=N)c2cccs2)ccc1Oc1ccccc1. The Morgan fingerprint density at radius 2 is 1.88 bits per heavy atom. The first-order valence-electron chi connectivity index (χ1n) is 8.60. The average molecular weight is 366 g/mol. The summed E-state index contributed by atoms with van der Waals surface area (Å²) in [5.74, 6) is 2.03. The summed E-state index contributed by atoms with van der Waals surface area (Å²) in [6.45, 7) is 4.93. The van der Waals surface area contributed by atoms with Crippen molar-refractivity contribution >= 4 is 22.9 Å². The molecular formula is C21H23N3OS. The zero-order valence-electron chi connectivity index (χ0n) is 15.0. The molecule has 1 aromatic heterocycles. The third-order valence-electron chi connectivity index (χ3n) is 3.77. The first kappa shape index (κ1) is 18.2. The maximum absolute atomic E-state index is 8.21. The van der Waals surface area contributed by atoms with E-state index in [-0.39, 0.29) is 0 Å². The lowest BCUT2D eigenvalue weighted by Gasteiger charge is -2.16. The van der Waals surface area contributed by atoms with Gasteiger partial charge in [-0.3, -0.25) is 5.41 Å². The number of amidine groups is 1. The highest BCUT2D eigenvalue weighted by Crippen LogP contribution is 2.28. The van der Waals surface area contributed by atoms with Crippen LogP contribution in [0.3, 0.4) is 0 Å². The number of benzene rings is 2. The molecule has 134 valence electrons. The lowest BCUT2D eigenvalue weighted by Crippen LogP contribution is -2.22. The van der Waals surface area contributed by atoms with Gasteiger partial charge in [-0.05, 0) is 41.8 Å². The number of rotatable bonds is 7. The largest absolute Gasteiger partial charge is 0.457 e. The van der Waals surface area contributed by atoms with Crippen molar-refractivity contribution < 1.29 is 4.74 Å². The maximum atomic E-state index is 8.21. The van der Waals surface area contributed by atoms with E-state index < -0.39 is 0 Å². The van der Waals surface area contributed by atoms with Crippen molar-refractivity contribution in [2.75, 3.05) is 5.32 Å². The highest BCUT2D eigenvalue weighted by atomic mass is 32.1. The van der Waals surface area contributed by atoms with Crippen molar-refractivity contribution in [3.8, 4) is 11.5 Å². The van der Waals surface area contributed by atoms with Crippen LogP contribution >= 0.6 is 11.3 Å². The van der Waals surface area contributed by atoms with Gasteiger partial charge in [-0.1, -0.05) is 38.1 Å². The Labute approximate surface area is 158 Å². The van der Waals surface area contributed by atoms with Gasteiger partial charge >= 0.3 is 0 Å². The van der Waals surface area contributed by atoms with Crippen molar-refractivity contribution in [1.29, 1.82) is 5.41 Å². The fourth-order valence-electron chi connectivity index (χ4n) is 2.45. The van der Waals surface area contributed by atoms with Crippen LogP contribution in [-0.2, 0) is 6.54 Å². The van der Waals surface area contributed by atoms with Crippen LogP contribution in [0.25, 0.3) is 0 Å². The van der Waals surface area contributed by atoms with Crippen molar-refractivity contribution in [3.63, 3.8) is 0 Å². The second-order valence-corrected chi connectivity index (χ2v) is 7.20. The maximum Gasteiger partial charge on any atom is 0.140 e. The molecular weight excluding hydrogens is 342 g/mol. The molecule has 0 unspecified atom stereocenters. The van der Waals surface area contributed by atoms with E-state index >= 15 is 0 Å². The molecule has 3 N–H and O–H groups in total. The molecule has 0 amide bonds. The van der Waals surface area contributed by atoms with E-state index in [2.05, 4.69) is 24.5 Å². The van der Waals surface area contributed by atoms with Crippen LogP contribution in [0.1, 0.15) is 24.3 Å². The Bertz CT molecular complexity index is 845. The first-order valence-corrected chi connectivity index (χ1v) is 9.48. The summed E-state index contributed by atoms with van der Waals surface area (Å²) in [5.41, 5.74) is 1.93. The normalized spacial score (nSPS) is 10.7. The predicted octanol–water partition coefficient (Wildman–Crippen LogP) is 5.48. The lowest BCUT2D eigenvalue weighted by atomic mass is 10.1. The molecule has 4 nitrogen and oxygen atoms in total. The molecule has 3 aromatic rings. The number of ether oxygens (including phenoxy) is 1. The zero-order valence-corrected chi connectivity index (χ0v) is 15.8. The van der Waals surface area contributed by atoms with Crippen molar-refractivity contribution in [3.05, 3.63) is 76.5 Å². The van der Waals surface area contributed by atoms with E-state index in [0.29, 0.717) is 18.4 Å². The van der Waals surface area contributed by atoms with Gasteiger partial charge < -0.3 is 15.4 Å². The van der Waals surface area contributed by atoms with E-state index in [9.17, 15) is 0 Å². The average Bonchev–Trinajstić information content (AvgIpc) is 3.17.